The Morgan fingerprint density at radius 2 is 1.90 bits per heavy atom. The summed E-state index contributed by atoms with van der Waals surface area (Å²) < 4.78 is 32.8. The van der Waals surface area contributed by atoms with Gasteiger partial charge in [0, 0.05) is 31.1 Å². The molecule has 1 N–H and O–H groups in total. The zero-order valence-electron chi connectivity index (χ0n) is 17.3. The lowest BCUT2D eigenvalue weighted by Crippen LogP contribution is -2.31. The number of hydrogen-bond donors (Lipinski definition) is 1. The second-order valence-corrected chi connectivity index (χ2v) is 9.88. The number of nitrogens with one attached hydrogen (secondary N) is 1. The van der Waals surface area contributed by atoms with Crippen molar-refractivity contribution in [2.75, 3.05) is 26.7 Å². The Balaban J connectivity index is 1.52. The Labute approximate surface area is 178 Å². The van der Waals surface area contributed by atoms with E-state index in [2.05, 4.69) is 23.5 Å². The van der Waals surface area contributed by atoms with Crippen molar-refractivity contribution in [3.63, 3.8) is 0 Å². The smallest absolute Gasteiger partial charge is 0.251 e. The van der Waals surface area contributed by atoms with E-state index in [0.717, 1.165) is 32.1 Å². The summed E-state index contributed by atoms with van der Waals surface area (Å²) in [5.74, 6) is 0.281. The van der Waals surface area contributed by atoms with Crippen LogP contribution in [0, 0.1) is 0 Å². The van der Waals surface area contributed by atoms with E-state index in [0.29, 0.717) is 25.2 Å². The summed E-state index contributed by atoms with van der Waals surface area (Å²) >= 11 is 0. The van der Waals surface area contributed by atoms with E-state index in [9.17, 15) is 13.2 Å². The summed E-state index contributed by atoms with van der Waals surface area (Å²) in [5.41, 5.74) is 2.99. The van der Waals surface area contributed by atoms with Crippen LogP contribution in [-0.4, -0.2) is 45.4 Å². The molecule has 0 aromatic heterocycles. The molecule has 0 bridgehead atoms. The molecule has 0 radical (unpaired) electrons. The van der Waals surface area contributed by atoms with Gasteiger partial charge in [-0.3, -0.25) is 4.79 Å². The quantitative estimate of drug-likeness (QED) is 0.766. The Bertz CT molecular complexity index is 1030. The van der Waals surface area contributed by atoms with Crippen LogP contribution >= 0.6 is 0 Å². The van der Waals surface area contributed by atoms with Gasteiger partial charge in [-0.25, -0.2) is 8.42 Å². The maximum Gasteiger partial charge on any atom is 0.251 e. The predicted octanol–water partition coefficient (Wildman–Crippen LogP) is 3.33. The molecule has 160 valence electrons. The lowest BCUT2D eigenvalue weighted by atomic mass is 9.83. The second kappa shape index (κ2) is 8.78. The number of amides is 1. The number of carbonyl (C=O) groups excluding carboxylic acids is 1. The first kappa shape index (κ1) is 20.9. The fourth-order valence-electron chi connectivity index (χ4n) is 4.47. The van der Waals surface area contributed by atoms with E-state index in [-0.39, 0.29) is 22.5 Å². The number of methoxy groups -OCH3 is 1. The summed E-state index contributed by atoms with van der Waals surface area (Å²) in [6.45, 7) is 1.54. The van der Waals surface area contributed by atoms with Gasteiger partial charge in [-0.15, -0.1) is 0 Å². The standard InChI is InChI=1S/C23H28N2O4S/c1-29-21-12-11-18(15-22(21)30(27,28)25-13-4-5-14-25)23(26)24-16-19-9-6-8-17-7-2-3-10-20(17)19/h2-3,7,10-12,15,19H,4-6,8-9,13-14,16H2,1H3,(H,24,26). The van der Waals surface area contributed by atoms with Crippen molar-refractivity contribution in [2.45, 2.75) is 42.9 Å². The Morgan fingerprint density at radius 3 is 2.67 bits per heavy atom. The fourth-order valence-corrected chi connectivity index (χ4v) is 6.17. The molecule has 1 unspecified atom stereocenters. The van der Waals surface area contributed by atoms with E-state index >= 15 is 0 Å². The molecule has 1 amide bonds. The van der Waals surface area contributed by atoms with Gasteiger partial charge in [0.15, 0.2) is 0 Å². The SMILES string of the molecule is COc1ccc(C(=O)NCC2CCCc3ccccc32)cc1S(=O)(=O)N1CCCC1. The van der Waals surface area contributed by atoms with Crippen molar-refractivity contribution >= 4 is 15.9 Å². The molecule has 1 aliphatic heterocycles. The molecule has 30 heavy (non-hydrogen) atoms. The molecule has 1 aliphatic carbocycles. The molecular formula is C23H28N2O4S. The number of aryl methyl sites for hydroxylation is 1. The fraction of sp³-hybridized carbons (Fsp3) is 0.435. The Kier molecular flexibility index (Phi) is 6.11. The largest absolute Gasteiger partial charge is 0.495 e. The van der Waals surface area contributed by atoms with Gasteiger partial charge in [0.2, 0.25) is 10.0 Å². The molecule has 2 aromatic rings. The van der Waals surface area contributed by atoms with Crippen LogP contribution in [0.2, 0.25) is 0 Å². The highest BCUT2D eigenvalue weighted by Crippen LogP contribution is 2.32. The molecule has 1 atom stereocenters. The molecule has 2 aromatic carbocycles. The van der Waals surface area contributed by atoms with Crippen LogP contribution in [0.4, 0.5) is 0 Å². The van der Waals surface area contributed by atoms with Gasteiger partial charge < -0.3 is 10.1 Å². The third kappa shape index (κ3) is 4.09. The van der Waals surface area contributed by atoms with Crippen LogP contribution in [0.3, 0.4) is 0 Å². The highest BCUT2D eigenvalue weighted by molar-refractivity contribution is 7.89. The Morgan fingerprint density at radius 1 is 1.13 bits per heavy atom. The summed E-state index contributed by atoms with van der Waals surface area (Å²) in [6, 6.07) is 13.0. The highest BCUT2D eigenvalue weighted by atomic mass is 32.2. The maximum absolute atomic E-state index is 13.0. The second-order valence-electron chi connectivity index (χ2n) is 7.97. The summed E-state index contributed by atoms with van der Waals surface area (Å²) in [7, 11) is -2.24. The van der Waals surface area contributed by atoms with Crippen molar-refractivity contribution < 1.29 is 17.9 Å². The molecule has 1 heterocycles. The van der Waals surface area contributed by atoms with Crippen LogP contribution in [-0.2, 0) is 16.4 Å². The number of fused-ring (bicyclic) bond motifs is 1. The van der Waals surface area contributed by atoms with Gasteiger partial charge in [-0.2, -0.15) is 4.31 Å². The average Bonchev–Trinajstić information content (AvgIpc) is 3.33. The van der Waals surface area contributed by atoms with E-state index in [1.54, 1.807) is 12.1 Å². The Hall–Kier alpha value is -2.38. The summed E-state index contributed by atoms with van der Waals surface area (Å²) in [4.78, 5) is 12.9. The van der Waals surface area contributed by atoms with E-state index < -0.39 is 10.0 Å². The topological polar surface area (TPSA) is 75.7 Å². The van der Waals surface area contributed by atoms with E-state index in [4.69, 9.17) is 4.74 Å². The minimum absolute atomic E-state index is 0.0579. The third-order valence-corrected chi connectivity index (χ3v) is 8.03. The van der Waals surface area contributed by atoms with Gasteiger partial charge in [0.25, 0.3) is 5.91 Å². The zero-order chi connectivity index (χ0) is 21.1. The van der Waals surface area contributed by atoms with Crippen molar-refractivity contribution in [3.8, 4) is 5.75 Å². The molecule has 2 aliphatic rings. The number of hydrogen-bond acceptors (Lipinski definition) is 4. The number of sulfonamides is 1. The van der Waals surface area contributed by atoms with Crippen LogP contribution in [0.15, 0.2) is 47.4 Å². The first-order chi connectivity index (χ1) is 14.5. The predicted molar refractivity (Wildman–Crippen MR) is 115 cm³/mol. The van der Waals surface area contributed by atoms with Gasteiger partial charge in [-0.1, -0.05) is 24.3 Å². The third-order valence-electron chi connectivity index (χ3n) is 6.11. The van der Waals surface area contributed by atoms with Gasteiger partial charge in [-0.05, 0) is 61.4 Å². The monoisotopic (exact) mass is 428 g/mol. The summed E-state index contributed by atoms with van der Waals surface area (Å²) in [6.07, 6.45) is 4.93. The normalized spacial score (nSPS) is 19.3. The minimum atomic E-state index is -3.68. The molecule has 4 rings (SSSR count). The number of benzene rings is 2. The molecule has 0 saturated carbocycles. The molecule has 1 fully saturated rings. The molecule has 1 saturated heterocycles. The first-order valence-electron chi connectivity index (χ1n) is 10.5. The van der Waals surface area contributed by atoms with E-state index in [1.807, 2.05) is 6.07 Å². The number of rotatable bonds is 6. The molecule has 6 nitrogen and oxygen atoms in total. The lowest BCUT2D eigenvalue weighted by molar-refractivity contribution is 0.0950. The van der Waals surface area contributed by atoms with Gasteiger partial charge in [0.1, 0.15) is 10.6 Å². The zero-order valence-corrected chi connectivity index (χ0v) is 18.1. The van der Waals surface area contributed by atoms with Crippen LogP contribution < -0.4 is 10.1 Å². The highest BCUT2D eigenvalue weighted by Gasteiger charge is 2.31. The van der Waals surface area contributed by atoms with Crippen LogP contribution in [0.25, 0.3) is 0 Å². The van der Waals surface area contributed by atoms with Crippen molar-refractivity contribution in [3.05, 3.63) is 59.2 Å². The number of carbonyl (C=O) groups is 1. The summed E-state index contributed by atoms with van der Waals surface area (Å²) in [5, 5.41) is 3.01. The number of nitrogens with zero attached hydrogens (tertiary/aromatic N) is 1. The van der Waals surface area contributed by atoms with Crippen molar-refractivity contribution in [1.29, 1.82) is 0 Å². The maximum atomic E-state index is 13.0. The first-order valence-corrected chi connectivity index (χ1v) is 12.0. The molecule has 0 spiro atoms. The minimum Gasteiger partial charge on any atom is -0.495 e. The van der Waals surface area contributed by atoms with Crippen LogP contribution in [0.5, 0.6) is 5.75 Å². The average molecular weight is 429 g/mol. The molecular weight excluding hydrogens is 400 g/mol. The number of ether oxygens (including phenoxy) is 1. The van der Waals surface area contributed by atoms with Gasteiger partial charge >= 0.3 is 0 Å². The van der Waals surface area contributed by atoms with Crippen molar-refractivity contribution in [1.82, 2.24) is 9.62 Å². The van der Waals surface area contributed by atoms with Crippen LogP contribution in [0.1, 0.15) is 53.1 Å². The van der Waals surface area contributed by atoms with Gasteiger partial charge in [0.05, 0.1) is 7.11 Å². The lowest BCUT2D eigenvalue weighted by Gasteiger charge is -2.25. The van der Waals surface area contributed by atoms with Crippen molar-refractivity contribution in [2.24, 2.45) is 0 Å². The van der Waals surface area contributed by atoms with E-state index in [1.165, 1.54) is 28.6 Å². The molecule has 7 heteroatoms.